The van der Waals surface area contributed by atoms with Gasteiger partial charge in [-0.2, -0.15) is 10.3 Å². The molecule has 2 aromatic heterocycles. The average molecular weight is 611 g/mol. The second-order valence-corrected chi connectivity index (χ2v) is 12.6. The summed E-state index contributed by atoms with van der Waals surface area (Å²) in [7, 11) is 0.335. The zero-order chi connectivity index (χ0) is 30.7. The van der Waals surface area contributed by atoms with E-state index in [9.17, 15) is 4.79 Å². The molecule has 5 atom stereocenters. The Morgan fingerprint density at radius 2 is 1.98 bits per heavy atom. The van der Waals surface area contributed by atoms with E-state index in [2.05, 4.69) is 65.6 Å². The Kier molecular flexibility index (Phi) is 9.68. The highest BCUT2D eigenvalue weighted by atomic mass is 31.2. The predicted molar refractivity (Wildman–Crippen MR) is 160 cm³/mol. The molecule has 14 heteroatoms. The summed E-state index contributed by atoms with van der Waals surface area (Å²) in [6.07, 6.45) is 2.28. The molecule has 2 aliphatic heterocycles. The van der Waals surface area contributed by atoms with Crippen LogP contribution in [0.5, 0.6) is 0 Å². The molecule has 2 bridgehead atoms. The Morgan fingerprint density at radius 1 is 1.23 bits per heavy atom. The molecule has 1 aromatic carbocycles. The maximum atomic E-state index is 12.9. The zero-order valence-electron chi connectivity index (χ0n) is 25.4. The molecule has 0 radical (unpaired) electrons. The van der Waals surface area contributed by atoms with Gasteiger partial charge in [-0.1, -0.05) is 25.1 Å². The first-order valence-electron chi connectivity index (χ1n) is 14.5. The van der Waals surface area contributed by atoms with E-state index >= 15 is 0 Å². The molecule has 1 N–H and O–H groups in total. The molecule has 230 valence electrons. The smallest absolute Gasteiger partial charge is 0.259 e. The first kappa shape index (κ1) is 31.3. The number of fused-ring (bicyclic) bond motifs is 3. The minimum absolute atomic E-state index is 0.145. The second kappa shape index (κ2) is 13.3. The van der Waals surface area contributed by atoms with Crippen molar-refractivity contribution >= 4 is 31.4 Å². The van der Waals surface area contributed by atoms with Crippen LogP contribution in [0.3, 0.4) is 0 Å². The van der Waals surface area contributed by atoms with Gasteiger partial charge < -0.3 is 19.1 Å². The van der Waals surface area contributed by atoms with E-state index in [0.29, 0.717) is 35.5 Å². The number of carbonyl (C=O) groups excluding carboxylic acids is 1. The quantitative estimate of drug-likeness (QED) is 0.226. The number of imidazole rings is 1. The van der Waals surface area contributed by atoms with Crippen molar-refractivity contribution < 1.29 is 23.4 Å². The highest BCUT2D eigenvalue weighted by Crippen LogP contribution is 2.55. The molecule has 0 aliphatic carbocycles. The molecule has 0 spiro atoms. The lowest BCUT2D eigenvalue weighted by molar-refractivity contribution is -0.248. The number of ether oxygens (including phenoxy) is 1. The van der Waals surface area contributed by atoms with E-state index in [1.807, 2.05) is 17.7 Å². The summed E-state index contributed by atoms with van der Waals surface area (Å²) >= 11 is 0. The van der Waals surface area contributed by atoms with Crippen molar-refractivity contribution in [3.05, 3.63) is 48.5 Å². The fraction of sp³-hybridized carbons (Fsp3) is 0.552. The van der Waals surface area contributed by atoms with Gasteiger partial charge in [0.1, 0.15) is 18.0 Å². The molecule has 5 rings (SSSR count). The molecule has 1 unspecified atom stereocenters. The van der Waals surface area contributed by atoms with E-state index in [-0.39, 0.29) is 31.0 Å². The minimum Gasteiger partial charge on any atom is -0.344 e. The number of anilines is 1. The van der Waals surface area contributed by atoms with Crippen LogP contribution in [-0.2, 0) is 18.6 Å². The third-order valence-electron chi connectivity index (χ3n) is 7.61. The highest BCUT2D eigenvalue weighted by Gasteiger charge is 2.62. The Hall–Kier alpha value is -3.08. The van der Waals surface area contributed by atoms with Crippen molar-refractivity contribution in [3.63, 3.8) is 0 Å². The fourth-order valence-corrected chi connectivity index (χ4v) is 7.55. The first-order chi connectivity index (χ1) is 20.7. The number of nitrogens with one attached hydrogen (secondary N) is 1. The van der Waals surface area contributed by atoms with Gasteiger partial charge >= 0.3 is 0 Å². The van der Waals surface area contributed by atoms with Crippen LogP contribution in [0, 0.1) is 11.3 Å². The summed E-state index contributed by atoms with van der Waals surface area (Å²) in [6, 6.07) is 11.4. The van der Waals surface area contributed by atoms with Crippen molar-refractivity contribution in [2.45, 2.75) is 83.6 Å². The van der Waals surface area contributed by atoms with Crippen molar-refractivity contribution in [1.82, 2.24) is 29.3 Å². The summed E-state index contributed by atoms with van der Waals surface area (Å²) in [5.74, 6) is 0.00429. The molecule has 2 fully saturated rings. The highest BCUT2D eigenvalue weighted by molar-refractivity contribution is 7.44. The molecule has 13 nitrogen and oxygen atoms in total. The fourth-order valence-electron chi connectivity index (χ4n) is 5.74. The Bertz CT molecular complexity index is 1440. The molecule has 3 aromatic rings. The van der Waals surface area contributed by atoms with E-state index in [0.717, 1.165) is 0 Å². The van der Waals surface area contributed by atoms with Crippen LogP contribution in [0.1, 0.15) is 64.0 Å². The number of rotatable bonds is 12. The van der Waals surface area contributed by atoms with Gasteiger partial charge in [-0.15, -0.1) is 0 Å². The van der Waals surface area contributed by atoms with Crippen LogP contribution in [0.4, 0.5) is 5.82 Å². The molecule has 0 saturated carbocycles. The monoisotopic (exact) mass is 610 g/mol. The number of hydrogen-bond donors (Lipinski definition) is 1. The zero-order valence-corrected chi connectivity index (χ0v) is 26.3. The lowest BCUT2D eigenvalue weighted by Crippen LogP contribution is -2.57. The molecule has 2 aliphatic rings. The molecular weight excluding hydrogens is 571 g/mol. The maximum absolute atomic E-state index is 12.9. The van der Waals surface area contributed by atoms with E-state index in [1.165, 1.54) is 6.33 Å². The molecule has 43 heavy (non-hydrogen) atoms. The number of amides is 1. The molecular formula is C29H39N8O5P. The van der Waals surface area contributed by atoms with Gasteiger partial charge in [0.2, 0.25) is 0 Å². The number of carbonyl (C=O) groups is 1. The number of likely N-dealkylation sites (N-methyl/N-ethyl adjacent to an activating group) is 1. The van der Waals surface area contributed by atoms with Gasteiger partial charge in [0, 0.05) is 24.7 Å². The molecule has 1 amide bonds. The number of nitriles is 1. The van der Waals surface area contributed by atoms with Crippen molar-refractivity contribution in [3.8, 4) is 6.07 Å². The summed E-state index contributed by atoms with van der Waals surface area (Å²) in [4.78, 5) is 32.6. The molecule has 2 saturated heterocycles. The topological polar surface area (TPSA) is 140 Å². The average Bonchev–Trinajstić information content (AvgIpc) is 3.48. The van der Waals surface area contributed by atoms with Gasteiger partial charge in [0.25, 0.3) is 14.4 Å². The third kappa shape index (κ3) is 6.28. The van der Waals surface area contributed by atoms with Crippen molar-refractivity contribution in [2.75, 3.05) is 25.5 Å². The second-order valence-electron chi connectivity index (χ2n) is 11.2. The van der Waals surface area contributed by atoms with Gasteiger partial charge in [-0.25, -0.2) is 19.6 Å². The SMILES string of the molecule is CC[C@@]12CN(C)O[C@@H]([C@H](n3cnc4c(NC(=O)c5ccccc5)ncnc43)O1)[C@@H]2OP(OCCC#N)N(C(C)C)C(C)C. The standard InChI is InChI=1S/C29H39N8O5P/c1-7-29-16-35(6)41-23(24(29)42-43(39-15-11-14-30)37(19(2)3)20(4)5)28(40-29)36-18-33-22-25(31-17-32-26(22)36)34-27(38)21-12-9-8-10-13-21/h8-10,12-13,17-20,23-24,28H,7,11,15-16H2,1-6H3,(H,31,32,34,38)/t23-,24+,28-,29+,43?/m1/s1. The van der Waals surface area contributed by atoms with Crippen molar-refractivity contribution in [2.24, 2.45) is 0 Å². The maximum Gasteiger partial charge on any atom is 0.259 e. The summed E-state index contributed by atoms with van der Waals surface area (Å²) in [6.45, 7) is 11.2. The number of hydrogen-bond acceptors (Lipinski definition) is 11. The Balaban J connectivity index is 1.47. The van der Waals surface area contributed by atoms with Crippen molar-refractivity contribution in [1.29, 1.82) is 5.26 Å². The minimum atomic E-state index is -1.55. The van der Waals surface area contributed by atoms with Crippen LogP contribution in [0.15, 0.2) is 43.0 Å². The van der Waals surface area contributed by atoms with Gasteiger partial charge in [0.05, 0.1) is 32.0 Å². The molecule has 4 heterocycles. The number of nitrogens with zero attached hydrogens (tertiary/aromatic N) is 7. The number of benzene rings is 1. The lowest BCUT2D eigenvalue weighted by atomic mass is 9.91. The number of aromatic nitrogens is 4. The van der Waals surface area contributed by atoms with E-state index in [1.54, 1.807) is 35.7 Å². The number of hydroxylamine groups is 2. The predicted octanol–water partition coefficient (Wildman–Crippen LogP) is 4.66. The van der Waals surface area contributed by atoms with Gasteiger partial charge in [0.15, 0.2) is 29.3 Å². The van der Waals surface area contributed by atoms with Gasteiger partial charge in [-0.3, -0.25) is 14.2 Å². The largest absolute Gasteiger partial charge is 0.344 e. The van der Waals surface area contributed by atoms with E-state index < -0.39 is 32.6 Å². The first-order valence-corrected chi connectivity index (χ1v) is 15.7. The van der Waals surface area contributed by atoms with Crippen LogP contribution in [0.25, 0.3) is 11.2 Å². The third-order valence-corrected chi connectivity index (χ3v) is 9.72. The van der Waals surface area contributed by atoms with Crippen LogP contribution in [0.2, 0.25) is 0 Å². The van der Waals surface area contributed by atoms with Crippen LogP contribution in [-0.4, -0.2) is 85.3 Å². The van der Waals surface area contributed by atoms with E-state index in [4.69, 9.17) is 23.9 Å². The summed E-state index contributed by atoms with van der Waals surface area (Å²) in [5, 5.41) is 13.8. The normalized spacial score (nSPS) is 24.6. The Morgan fingerprint density at radius 3 is 2.65 bits per heavy atom. The van der Waals surface area contributed by atoms with Crippen LogP contribution < -0.4 is 5.32 Å². The summed E-state index contributed by atoms with van der Waals surface area (Å²) < 4.78 is 24.0. The Labute approximate surface area is 253 Å². The summed E-state index contributed by atoms with van der Waals surface area (Å²) in [5.41, 5.74) is 0.717. The van der Waals surface area contributed by atoms with Crippen LogP contribution >= 0.6 is 8.53 Å². The lowest BCUT2D eigenvalue weighted by Gasteiger charge is -2.44. The van der Waals surface area contributed by atoms with Gasteiger partial charge in [-0.05, 0) is 46.2 Å².